The van der Waals surface area contributed by atoms with Crippen LogP contribution in [-0.2, 0) is 14.6 Å². The number of nitrogens with one attached hydrogen (secondary N) is 2. The van der Waals surface area contributed by atoms with Crippen molar-refractivity contribution in [2.24, 2.45) is 0 Å². The van der Waals surface area contributed by atoms with Gasteiger partial charge >= 0.3 is 0 Å². The molecule has 3 heterocycles. The maximum absolute atomic E-state index is 12.2. The zero-order chi connectivity index (χ0) is 16.5. The fraction of sp³-hybridized carbons (Fsp3) is 0.733. The summed E-state index contributed by atoms with van der Waals surface area (Å²) in [5.41, 5.74) is 0.628. The van der Waals surface area contributed by atoms with E-state index in [-0.39, 0.29) is 17.4 Å². The molecule has 0 radical (unpaired) electrons. The van der Waals surface area contributed by atoms with Crippen LogP contribution < -0.4 is 5.32 Å². The Labute approximate surface area is 136 Å². The fourth-order valence-corrected chi connectivity index (χ4v) is 5.69. The SMILES string of the molecule is C[C@@]1(NC(=O)CN2CCC(c3cn[nH]c3)CC2)CCS(=O)(=O)C1. The van der Waals surface area contributed by atoms with Crippen LogP contribution in [0.3, 0.4) is 0 Å². The number of likely N-dealkylation sites (tertiary alicyclic amines) is 1. The lowest BCUT2D eigenvalue weighted by molar-refractivity contribution is -0.124. The lowest BCUT2D eigenvalue weighted by Gasteiger charge is -2.32. The van der Waals surface area contributed by atoms with Crippen molar-refractivity contribution in [3.05, 3.63) is 18.0 Å². The average Bonchev–Trinajstić information content (AvgIpc) is 3.08. The smallest absolute Gasteiger partial charge is 0.234 e. The molecule has 2 fully saturated rings. The Morgan fingerprint density at radius 1 is 1.48 bits per heavy atom. The van der Waals surface area contributed by atoms with Gasteiger partial charge in [-0.15, -0.1) is 0 Å². The molecule has 2 aliphatic rings. The highest BCUT2D eigenvalue weighted by molar-refractivity contribution is 7.91. The summed E-state index contributed by atoms with van der Waals surface area (Å²) in [5.74, 6) is 0.644. The molecule has 0 unspecified atom stereocenters. The van der Waals surface area contributed by atoms with Gasteiger partial charge in [0, 0.05) is 6.20 Å². The van der Waals surface area contributed by atoms with Crippen LogP contribution in [0.2, 0.25) is 0 Å². The Balaban J connectivity index is 1.46. The number of aromatic nitrogens is 2. The minimum absolute atomic E-state index is 0.0499. The highest BCUT2D eigenvalue weighted by atomic mass is 32.2. The van der Waals surface area contributed by atoms with Gasteiger partial charge < -0.3 is 5.32 Å². The number of H-pyrrole nitrogens is 1. The molecule has 3 rings (SSSR count). The Morgan fingerprint density at radius 3 is 2.78 bits per heavy atom. The first-order chi connectivity index (χ1) is 10.9. The van der Waals surface area contributed by atoms with Gasteiger partial charge in [-0.25, -0.2) is 8.42 Å². The summed E-state index contributed by atoms with van der Waals surface area (Å²) >= 11 is 0. The summed E-state index contributed by atoms with van der Waals surface area (Å²) in [5, 5.41) is 9.76. The monoisotopic (exact) mass is 340 g/mol. The summed E-state index contributed by atoms with van der Waals surface area (Å²) in [6.07, 6.45) is 6.34. The number of carbonyl (C=O) groups is 1. The lowest BCUT2D eigenvalue weighted by atomic mass is 9.91. The van der Waals surface area contributed by atoms with Crippen LogP contribution in [0.15, 0.2) is 12.4 Å². The van der Waals surface area contributed by atoms with Crippen LogP contribution in [0.1, 0.15) is 37.7 Å². The number of hydrogen-bond donors (Lipinski definition) is 2. The van der Waals surface area contributed by atoms with Crippen LogP contribution in [-0.4, -0.2) is 66.1 Å². The van der Waals surface area contributed by atoms with E-state index in [0.717, 1.165) is 25.9 Å². The molecule has 8 heteroatoms. The number of amides is 1. The summed E-state index contributed by atoms with van der Waals surface area (Å²) in [4.78, 5) is 14.4. The topological polar surface area (TPSA) is 95.2 Å². The third kappa shape index (κ3) is 4.11. The van der Waals surface area contributed by atoms with Crippen LogP contribution in [0, 0.1) is 0 Å². The van der Waals surface area contributed by atoms with Crippen LogP contribution >= 0.6 is 0 Å². The molecular formula is C15H24N4O3S. The lowest BCUT2D eigenvalue weighted by Crippen LogP contribution is -2.51. The van der Waals surface area contributed by atoms with Gasteiger partial charge in [0.1, 0.15) is 0 Å². The molecular weight excluding hydrogens is 316 g/mol. The first-order valence-electron chi connectivity index (χ1n) is 8.08. The molecule has 23 heavy (non-hydrogen) atoms. The van der Waals surface area contributed by atoms with Gasteiger partial charge in [0.15, 0.2) is 9.84 Å². The number of piperidine rings is 1. The largest absolute Gasteiger partial charge is 0.349 e. The zero-order valence-electron chi connectivity index (χ0n) is 13.4. The Hall–Kier alpha value is -1.41. The Kier molecular flexibility index (Phi) is 4.46. The van der Waals surface area contributed by atoms with E-state index in [9.17, 15) is 13.2 Å². The van der Waals surface area contributed by atoms with Gasteiger partial charge in [-0.05, 0) is 50.8 Å². The van der Waals surface area contributed by atoms with Crippen molar-refractivity contribution in [1.82, 2.24) is 20.4 Å². The van der Waals surface area contributed by atoms with E-state index < -0.39 is 15.4 Å². The minimum Gasteiger partial charge on any atom is -0.349 e. The maximum atomic E-state index is 12.2. The third-order valence-corrected chi connectivity index (χ3v) is 6.79. The molecule has 1 aromatic rings. The molecule has 7 nitrogen and oxygen atoms in total. The molecule has 2 saturated heterocycles. The fourth-order valence-electron chi connectivity index (χ4n) is 3.60. The van der Waals surface area contributed by atoms with Crippen molar-refractivity contribution in [2.45, 2.75) is 37.6 Å². The molecule has 0 aliphatic carbocycles. The molecule has 0 spiro atoms. The number of aromatic amines is 1. The van der Waals surface area contributed by atoms with E-state index in [4.69, 9.17) is 0 Å². The van der Waals surface area contributed by atoms with Gasteiger partial charge in [0.25, 0.3) is 0 Å². The summed E-state index contributed by atoms with van der Waals surface area (Å²) < 4.78 is 23.2. The number of sulfone groups is 1. The van der Waals surface area contributed by atoms with E-state index in [2.05, 4.69) is 20.4 Å². The average molecular weight is 340 g/mol. The van der Waals surface area contributed by atoms with E-state index in [0.29, 0.717) is 18.9 Å². The van der Waals surface area contributed by atoms with Crippen LogP contribution in [0.25, 0.3) is 0 Å². The van der Waals surface area contributed by atoms with E-state index in [1.54, 1.807) is 0 Å². The van der Waals surface area contributed by atoms with Crippen LogP contribution in [0.5, 0.6) is 0 Å². The van der Waals surface area contributed by atoms with Crippen molar-refractivity contribution >= 4 is 15.7 Å². The maximum Gasteiger partial charge on any atom is 0.234 e. The predicted octanol–water partition coefficient (Wildman–Crippen LogP) is 0.283. The van der Waals surface area contributed by atoms with Gasteiger partial charge in [-0.1, -0.05) is 0 Å². The Morgan fingerprint density at radius 2 is 2.22 bits per heavy atom. The highest BCUT2D eigenvalue weighted by Gasteiger charge is 2.39. The van der Waals surface area contributed by atoms with Gasteiger partial charge in [0.05, 0.1) is 29.8 Å². The van der Waals surface area contributed by atoms with Crippen molar-refractivity contribution in [1.29, 1.82) is 0 Å². The number of carbonyl (C=O) groups excluding carboxylic acids is 1. The first kappa shape index (κ1) is 16.4. The molecule has 0 aromatic carbocycles. The molecule has 128 valence electrons. The Bertz CT molecular complexity index is 650. The number of hydrogen-bond acceptors (Lipinski definition) is 5. The van der Waals surface area contributed by atoms with Crippen molar-refractivity contribution in [2.75, 3.05) is 31.1 Å². The molecule has 1 atom stereocenters. The summed E-state index contributed by atoms with van der Waals surface area (Å²) in [7, 11) is -3.00. The minimum atomic E-state index is -3.00. The predicted molar refractivity (Wildman–Crippen MR) is 86.8 cm³/mol. The van der Waals surface area contributed by atoms with E-state index >= 15 is 0 Å². The summed E-state index contributed by atoms with van der Waals surface area (Å²) in [6.45, 7) is 3.91. The second-order valence-electron chi connectivity index (χ2n) is 7.03. The molecule has 0 saturated carbocycles. The first-order valence-corrected chi connectivity index (χ1v) is 9.90. The number of nitrogens with zero attached hydrogens (tertiary/aromatic N) is 2. The molecule has 2 N–H and O–H groups in total. The van der Waals surface area contributed by atoms with Gasteiger partial charge in [0.2, 0.25) is 5.91 Å². The second-order valence-corrected chi connectivity index (χ2v) is 9.22. The zero-order valence-corrected chi connectivity index (χ0v) is 14.2. The molecule has 1 amide bonds. The van der Waals surface area contributed by atoms with Crippen LogP contribution in [0.4, 0.5) is 0 Å². The standard InChI is InChI=1S/C15H24N4O3S/c1-15(4-7-23(21,22)11-15)18-14(20)10-19-5-2-12(3-6-19)13-8-16-17-9-13/h8-9,12H,2-7,10-11H2,1H3,(H,16,17)(H,18,20)/t15-/m1/s1. The molecule has 1 aromatic heterocycles. The third-order valence-electron chi connectivity index (χ3n) is 4.89. The summed E-state index contributed by atoms with van der Waals surface area (Å²) in [6, 6.07) is 0. The van der Waals surface area contributed by atoms with Gasteiger partial charge in [-0.2, -0.15) is 5.10 Å². The normalized spacial score (nSPS) is 28.7. The van der Waals surface area contributed by atoms with Crippen molar-refractivity contribution in [3.63, 3.8) is 0 Å². The quantitative estimate of drug-likeness (QED) is 0.821. The van der Waals surface area contributed by atoms with E-state index in [1.165, 1.54) is 5.56 Å². The molecule has 0 bridgehead atoms. The van der Waals surface area contributed by atoms with Crippen molar-refractivity contribution in [3.8, 4) is 0 Å². The number of rotatable bonds is 4. The van der Waals surface area contributed by atoms with Gasteiger partial charge in [-0.3, -0.25) is 14.8 Å². The van der Waals surface area contributed by atoms with E-state index in [1.807, 2.05) is 19.3 Å². The highest BCUT2D eigenvalue weighted by Crippen LogP contribution is 2.27. The molecule has 2 aliphatic heterocycles. The van der Waals surface area contributed by atoms with Crippen molar-refractivity contribution < 1.29 is 13.2 Å². The second kappa shape index (κ2) is 6.24.